The molecule has 5 heteroatoms. The molecule has 1 aromatic carbocycles. The number of amides is 2. The first-order chi connectivity index (χ1) is 10.7. The molecule has 0 aliphatic rings. The van der Waals surface area contributed by atoms with Crippen molar-refractivity contribution in [1.82, 2.24) is 10.2 Å². The minimum Gasteiger partial charge on any atom is -0.388 e. The van der Waals surface area contributed by atoms with E-state index < -0.39 is 5.60 Å². The number of nitrogens with one attached hydrogen (secondary N) is 2. The molecule has 0 aromatic heterocycles. The standard InChI is InChI=1S/C18H31N3O2/c1-14(2)9-10-18(3,23)13-19-17(22)20-16-8-6-7-15(11-16)12-21(4)5/h6-8,11,14,23H,9-10,12-13H2,1-5H3,(H2,19,20,22). The fourth-order valence-electron chi connectivity index (χ4n) is 2.25. The minimum atomic E-state index is -0.881. The predicted octanol–water partition coefficient (Wildman–Crippen LogP) is 3.06. The quantitative estimate of drug-likeness (QED) is 0.689. The summed E-state index contributed by atoms with van der Waals surface area (Å²) >= 11 is 0. The van der Waals surface area contributed by atoms with Crippen LogP contribution in [0.2, 0.25) is 0 Å². The molecule has 0 bridgehead atoms. The summed E-state index contributed by atoms with van der Waals surface area (Å²) in [6.45, 7) is 7.06. The molecule has 23 heavy (non-hydrogen) atoms. The molecule has 1 rings (SSSR count). The van der Waals surface area contributed by atoms with Gasteiger partial charge in [0.1, 0.15) is 0 Å². The largest absolute Gasteiger partial charge is 0.388 e. The summed E-state index contributed by atoms with van der Waals surface area (Å²) in [4.78, 5) is 14.1. The van der Waals surface area contributed by atoms with Gasteiger partial charge in [0.15, 0.2) is 0 Å². The molecule has 0 aliphatic heterocycles. The summed E-state index contributed by atoms with van der Waals surface area (Å²) in [5, 5.41) is 15.8. The molecular formula is C18H31N3O2. The van der Waals surface area contributed by atoms with Gasteiger partial charge in [0.05, 0.1) is 5.60 Å². The highest BCUT2D eigenvalue weighted by molar-refractivity contribution is 5.89. The molecule has 0 spiro atoms. The van der Waals surface area contributed by atoms with E-state index in [0.717, 1.165) is 24.2 Å². The predicted molar refractivity (Wildman–Crippen MR) is 95.6 cm³/mol. The maximum absolute atomic E-state index is 12.0. The molecule has 0 radical (unpaired) electrons. The summed E-state index contributed by atoms with van der Waals surface area (Å²) < 4.78 is 0. The highest BCUT2D eigenvalue weighted by atomic mass is 16.3. The second-order valence-electron chi connectivity index (χ2n) is 7.18. The SMILES string of the molecule is CC(C)CCC(C)(O)CNC(=O)Nc1cccc(CN(C)C)c1. The van der Waals surface area contributed by atoms with Crippen LogP contribution in [0.25, 0.3) is 0 Å². The van der Waals surface area contributed by atoms with Crippen LogP contribution in [0.5, 0.6) is 0 Å². The third-order valence-electron chi connectivity index (χ3n) is 3.57. The van der Waals surface area contributed by atoms with Crippen LogP contribution in [0.15, 0.2) is 24.3 Å². The Hall–Kier alpha value is -1.59. The topological polar surface area (TPSA) is 64.6 Å². The Labute approximate surface area is 140 Å². The number of carbonyl (C=O) groups excluding carboxylic acids is 1. The first kappa shape index (κ1) is 19.5. The molecule has 0 heterocycles. The van der Waals surface area contributed by atoms with Gasteiger partial charge in [-0.15, -0.1) is 0 Å². The zero-order valence-electron chi connectivity index (χ0n) is 15.0. The van der Waals surface area contributed by atoms with Gasteiger partial charge in [-0.1, -0.05) is 26.0 Å². The number of hydrogen-bond acceptors (Lipinski definition) is 3. The maximum Gasteiger partial charge on any atom is 0.319 e. The molecule has 0 saturated heterocycles. The van der Waals surface area contributed by atoms with Gasteiger partial charge in [0, 0.05) is 18.8 Å². The average Bonchev–Trinajstić information content (AvgIpc) is 2.43. The summed E-state index contributed by atoms with van der Waals surface area (Å²) in [6, 6.07) is 7.47. The van der Waals surface area contributed by atoms with Gasteiger partial charge in [-0.2, -0.15) is 0 Å². The molecular weight excluding hydrogens is 290 g/mol. The van der Waals surface area contributed by atoms with Gasteiger partial charge in [-0.25, -0.2) is 4.79 Å². The van der Waals surface area contributed by atoms with E-state index in [1.165, 1.54) is 0 Å². The number of benzene rings is 1. The van der Waals surface area contributed by atoms with Crippen molar-refractivity contribution in [3.63, 3.8) is 0 Å². The lowest BCUT2D eigenvalue weighted by atomic mass is 9.95. The van der Waals surface area contributed by atoms with E-state index in [0.29, 0.717) is 12.3 Å². The Morgan fingerprint density at radius 2 is 2.04 bits per heavy atom. The van der Waals surface area contributed by atoms with Crippen molar-refractivity contribution in [3.8, 4) is 0 Å². The Bertz CT molecular complexity index is 499. The molecule has 130 valence electrons. The number of urea groups is 1. The molecule has 1 unspecified atom stereocenters. The number of aliphatic hydroxyl groups is 1. The van der Waals surface area contributed by atoms with Gasteiger partial charge >= 0.3 is 6.03 Å². The van der Waals surface area contributed by atoms with Crippen LogP contribution in [0.3, 0.4) is 0 Å². The summed E-state index contributed by atoms with van der Waals surface area (Å²) in [7, 11) is 4.01. The monoisotopic (exact) mass is 321 g/mol. The van der Waals surface area contributed by atoms with Gasteiger partial charge in [0.2, 0.25) is 0 Å². The van der Waals surface area contributed by atoms with Crippen molar-refractivity contribution < 1.29 is 9.90 Å². The fraction of sp³-hybridized carbons (Fsp3) is 0.611. The van der Waals surface area contributed by atoms with Crippen LogP contribution < -0.4 is 10.6 Å². The number of nitrogens with zero attached hydrogens (tertiary/aromatic N) is 1. The molecule has 1 aromatic rings. The third kappa shape index (κ3) is 8.57. The van der Waals surface area contributed by atoms with Gasteiger partial charge in [-0.3, -0.25) is 0 Å². The van der Waals surface area contributed by atoms with Crippen molar-refractivity contribution in [1.29, 1.82) is 0 Å². The van der Waals surface area contributed by atoms with Crippen molar-refractivity contribution in [3.05, 3.63) is 29.8 Å². The highest BCUT2D eigenvalue weighted by Gasteiger charge is 2.21. The molecule has 5 nitrogen and oxygen atoms in total. The average molecular weight is 321 g/mol. The number of rotatable bonds is 8. The lowest BCUT2D eigenvalue weighted by molar-refractivity contribution is 0.0481. The van der Waals surface area contributed by atoms with E-state index in [-0.39, 0.29) is 12.6 Å². The lowest BCUT2D eigenvalue weighted by Crippen LogP contribution is -2.42. The summed E-state index contributed by atoms with van der Waals surface area (Å²) in [6.07, 6.45) is 1.60. The van der Waals surface area contributed by atoms with E-state index in [4.69, 9.17) is 0 Å². The van der Waals surface area contributed by atoms with Crippen LogP contribution in [0.4, 0.5) is 10.5 Å². The summed E-state index contributed by atoms with van der Waals surface area (Å²) in [5.74, 6) is 0.537. The van der Waals surface area contributed by atoms with E-state index >= 15 is 0 Å². The highest BCUT2D eigenvalue weighted by Crippen LogP contribution is 2.16. The summed E-state index contributed by atoms with van der Waals surface area (Å²) in [5.41, 5.74) is 1.01. The molecule has 0 saturated carbocycles. The lowest BCUT2D eigenvalue weighted by Gasteiger charge is -2.24. The van der Waals surface area contributed by atoms with Crippen molar-refractivity contribution in [2.75, 3.05) is 26.0 Å². The van der Waals surface area contributed by atoms with Gasteiger partial charge < -0.3 is 20.6 Å². The maximum atomic E-state index is 12.0. The van der Waals surface area contributed by atoms with E-state index in [1.54, 1.807) is 6.92 Å². The Kier molecular flexibility index (Phi) is 7.52. The van der Waals surface area contributed by atoms with Crippen LogP contribution in [-0.4, -0.2) is 42.3 Å². The minimum absolute atomic E-state index is 0.239. The van der Waals surface area contributed by atoms with E-state index in [2.05, 4.69) is 29.4 Å². The van der Waals surface area contributed by atoms with Crippen LogP contribution in [0.1, 0.15) is 39.2 Å². The zero-order chi connectivity index (χ0) is 17.5. The third-order valence-corrected chi connectivity index (χ3v) is 3.57. The molecule has 3 N–H and O–H groups in total. The van der Waals surface area contributed by atoms with Crippen molar-refractivity contribution in [2.45, 2.75) is 45.8 Å². The number of anilines is 1. The van der Waals surface area contributed by atoms with E-state index in [9.17, 15) is 9.90 Å². The Morgan fingerprint density at radius 1 is 1.35 bits per heavy atom. The molecule has 1 atom stereocenters. The molecule has 2 amide bonds. The normalized spacial score (nSPS) is 13.9. The smallest absolute Gasteiger partial charge is 0.319 e. The second-order valence-corrected chi connectivity index (χ2v) is 7.18. The second kappa shape index (κ2) is 8.89. The van der Waals surface area contributed by atoms with Gasteiger partial charge in [-0.05, 0) is 57.5 Å². The Balaban J connectivity index is 2.47. The van der Waals surface area contributed by atoms with E-state index in [1.807, 2.05) is 38.4 Å². The Morgan fingerprint density at radius 3 is 2.65 bits per heavy atom. The first-order valence-corrected chi connectivity index (χ1v) is 8.19. The van der Waals surface area contributed by atoms with Crippen LogP contribution >= 0.6 is 0 Å². The van der Waals surface area contributed by atoms with Crippen molar-refractivity contribution in [2.24, 2.45) is 5.92 Å². The van der Waals surface area contributed by atoms with Gasteiger partial charge in [0.25, 0.3) is 0 Å². The number of carbonyl (C=O) groups is 1. The fourth-order valence-corrected chi connectivity index (χ4v) is 2.25. The number of hydrogen-bond donors (Lipinski definition) is 3. The van der Waals surface area contributed by atoms with Crippen LogP contribution in [0, 0.1) is 5.92 Å². The molecule has 0 fully saturated rings. The zero-order valence-corrected chi connectivity index (χ0v) is 15.0. The first-order valence-electron chi connectivity index (χ1n) is 8.19. The van der Waals surface area contributed by atoms with Crippen molar-refractivity contribution >= 4 is 11.7 Å². The van der Waals surface area contributed by atoms with Crippen LogP contribution in [-0.2, 0) is 6.54 Å². The molecule has 0 aliphatic carbocycles.